The number of rotatable bonds is 5. The van der Waals surface area contributed by atoms with Crippen molar-refractivity contribution < 1.29 is 4.79 Å². The van der Waals surface area contributed by atoms with Crippen LogP contribution in [0, 0.1) is 0 Å². The molecule has 0 spiro atoms. The van der Waals surface area contributed by atoms with Crippen LogP contribution in [-0.2, 0) is 4.79 Å². The normalized spacial score (nSPS) is 18.2. The van der Waals surface area contributed by atoms with Crippen molar-refractivity contribution in [2.24, 2.45) is 0 Å². The van der Waals surface area contributed by atoms with Crippen LogP contribution in [0.15, 0.2) is 42.6 Å². The average Bonchev–Trinajstić information content (AvgIpc) is 2.61. The van der Waals surface area contributed by atoms with Gasteiger partial charge < -0.3 is 15.1 Å². The highest BCUT2D eigenvalue weighted by molar-refractivity contribution is 5.87. The largest absolute Gasteiger partial charge is 0.353 e. The molecule has 1 fully saturated rings. The van der Waals surface area contributed by atoms with Crippen LogP contribution in [0.5, 0.6) is 0 Å². The molecule has 0 radical (unpaired) electrons. The standard InChI is InChI=1S/C19H25N5O/c1-23(2)11-6-10-19(25)21-15-7-5-12-24(14-15)18-13-20-16-8-3-4-9-17(16)22-18/h3-4,6,8-10,13,15H,5,7,11-12,14H2,1-2H3,(H,21,25)/b10-6+. The summed E-state index contributed by atoms with van der Waals surface area (Å²) < 4.78 is 0. The van der Waals surface area contributed by atoms with E-state index in [9.17, 15) is 4.79 Å². The second-order valence-corrected chi connectivity index (χ2v) is 6.68. The summed E-state index contributed by atoms with van der Waals surface area (Å²) in [7, 11) is 3.96. The van der Waals surface area contributed by atoms with Gasteiger partial charge in [0, 0.05) is 31.8 Å². The Balaban J connectivity index is 1.62. The van der Waals surface area contributed by atoms with Crippen LogP contribution in [0.2, 0.25) is 0 Å². The summed E-state index contributed by atoms with van der Waals surface area (Å²) >= 11 is 0. The zero-order chi connectivity index (χ0) is 17.6. The molecule has 3 rings (SSSR count). The number of nitrogens with one attached hydrogen (secondary N) is 1. The Morgan fingerprint density at radius 3 is 2.96 bits per heavy atom. The fourth-order valence-corrected chi connectivity index (χ4v) is 3.02. The molecule has 1 N–H and O–H groups in total. The topological polar surface area (TPSA) is 61.4 Å². The molecular formula is C19H25N5O. The molecule has 6 nitrogen and oxygen atoms in total. The molecule has 1 atom stereocenters. The van der Waals surface area contributed by atoms with E-state index in [0.717, 1.165) is 49.3 Å². The van der Waals surface area contributed by atoms with Crippen molar-refractivity contribution in [2.45, 2.75) is 18.9 Å². The van der Waals surface area contributed by atoms with Crippen molar-refractivity contribution in [3.63, 3.8) is 0 Å². The van der Waals surface area contributed by atoms with Crippen LogP contribution in [0.3, 0.4) is 0 Å². The van der Waals surface area contributed by atoms with Crippen LogP contribution in [0.4, 0.5) is 5.82 Å². The van der Waals surface area contributed by atoms with E-state index in [1.165, 1.54) is 0 Å². The smallest absolute Gasteiger partial charge is 0.243 e. The van der Waals surface area contributed by atoms with Gasteiger partial charge in [0.05, 0.1) is 17.2 Å². The average molecular weight is 339 g/mol. The SMILES string of the molecule is CN(C)C/C=C/C(=O)NC1CCCN(c2cnc3ccccc3n2)C1. The van der Waals surface area contributed by atoms with E-state index in [1.807, 2.05) is 55.5 Å². The number of carbonyl (C=O) groups excluding carboxylic acids is 1. The Labute approximate surface area is 148 Å². The third kappa shape index (κ3) is 4.76. The van der Waals surface area contributed by atoms with E-state index in [1.54, 1.807) is 6.08 Å². The van der Waals surface area contributed by atoms with Gasteiger partial charge in [0.2, 0.25) is 5.91 Å². The van der Waals surface area contributed by atoms with Crippen LogP contribution < -0.4 is 10.2 Å². The van der Waals surface area contributed by atoms with Gasteiger partial charge in [-0.05, 0) is 39.1 Å². The summed E-state index contributed by atoms with van der Waals surface area (Å²) in [5, 5.41) is 3.10. The molecule has 2 aromatic rings. The zero-order valence-electron chi connectivity index (χ0n) is 14.9. The van der Waals surface area contributed by atoms with Gasteiger partial charge in [-0.2, -0.15) is 0 Å². The van der Waals surface area contributed by atoms with E-state index in [2.05, 4.69) is 15.2 Å². The number of nitrogens with zero attached hydrogens (tertiary/aromatic N) is 4. The lowest BCUT2D eigenvalue weighted by molar-refractivity contribution is -0.117. The predicted molar refractivity (Wildman–Crippen MR) is 101 cm³/mol. The van der Waals surface area contributed by atoms with E-state index in [-0.39, 0.29) is 11.9 Å². The minimum Gasteiger partial charge on any atom is -0.353 e. The summed E-state index contributed by atoms with van der Waals surface area (Å²) in [6.45, 7) is 2.47. The third-order valence-corrected chi connectivity index (χ3v) is 4.27. The molecule has 1 amide bonds. The van der Waals surface area contributed by atoms with Gasteiger partial charge in [-0.3, -0.25) is 9.78 Å². The molecule has 1 aliphatic heterocycles. The molecule has 0 bridgehead atoms. The maximum atomic E-state index is 12.0. The second kappa shape index (κ2) is 8.07. The summed E-state index contributed by atoms with van der Waals surface area (Å²) in [5.74, 6) is 0.846. The highest BCUT2D eigenvalue weighted by atomic mass is 16.1. The van der Waals surface area contributed by atoms with Crippen LogP contribution in [0.25, 0.3) is 11.0 Å². The molecule has 0 aliphatic carbocycles. The molecule has 25 heavy (non-hydrogen) atoms. The summed E-state index contributed by atoms with van der Waals surface area (Å²) in [6.07, 6.45) is 7.34. The summed E-state index contributed by atoms with van der Waals surface area (Å²) in [5.41, 5.74) is 1.80. The minimum atomic E-state index is -0.0294. The lowest BCUT2D eigenvalue weighted by Gasteiger charge is -2.33. The number of hydrogen-bond acceptors (Lipinski definition) is 5. The maximum Gasteiger partial charge on any atom is 0.243 e. The molecule has 1 aromatic carbocycles. The Kier molecular flexibility index (Phi) is 5.60. The Morgan fingerprint density at radius 1 is 1.36 bits per heavy atom. The molecule has 0 saturated carbocycles. The number of para-hydroxylation sites is 2. The predicted octanol–water partition coefficient (Wildman–Crippen LogP) is 1.83. The lowest BCUT2D eigenvalue weighted by Crippen LogP contribution is -2.47. The molecule has 1 saturated heterocycles. The fourth-order valence-electron chi connectivity index (χ4n) is 3.02. The first-order valence-corrected chi connectivity index (χ1v) is 8.70. The number of piperidine rings is 1. The lowest BCUT2D eigenvalue weighted by atomic mass is 10.1. The molecule has 6 heteroatoms. The number of carbonyl (C=O) groups is 1. The molecule has 1 unspecified atom stereocenters. The molecule has 2 heterocycles. The minimum absolute atomic E-state index is 0.0294. The van der Waals surface area contributed by atoms with Gasteiger partial charge in [-0.15, -0.1) is 0 Å². The van der Waals surface area contributed by atoms with Crippen molar-refractivity contribution in [1.82, 2.24) is 20.2 Å². The van der Waals surface area contributed by atoms with Gasteiger partial charge in [0.25, 0.3) is 0 Å². The Morgan fingerprint density at radius 2 is 2.16 bits per heavy atom. The highest BCUT2D eigenvalue weighted by Gasteiger charge is 2.22. The van der Waals surface area contributed by atoms with Crippen molar-refractivity contribution >= 4 is 22.8 Å². The van der Waals surface area contributed by atoms with Crippen molar-refractivity contribution in [3.8, 4) is 0 Å². The van der Waals surface area contributed by atoms with Crippen molar-refractivity contribution in [3.05, 3.63) is 42.6 Å². The van der Waals surface area contributed by atoms with Crippen LogP contribution in [0.1, 0.15) is 12.8 Å². The molecular weight excluding hydrogens is 314 g/mol. The third-order valence-electron chi connectivity index (χ3n) is 4.27. The maximum absolute atomic E-state index is 12.0. The van der Waals surface area contributed by atoms with E-state index in [4.69, 9.17) is 4.98 Å². The van der Waals surface area contributed by atoms with Crippen molar-refractivity contribution in [2.75, 3.05) is 38.6 Å². The van der Waals surface area contributed by atoms with Gasteiger partial charge in [-0.1, -0.05) is 18.2 Å². The van der Waals surface area contributed by atoms with E-state index in [0.29, 0.717) is 0 Å². The summed E-state index contributed by atoms with van der Waals surface area (Å²) in [6, 6.07) is 8.02. The molecule has 1 aliphatic rings. The summed E-state index contributed by atoms with van der Waals surface area (Å²) in [4.78, 5) is 25.5. The second-order valence-electron chi connectivity index (χ2n) is 6.68. The number of anilines is 1. The van der Waals surface area contributed by atoms with Crippen LogP contribution in [-0.4, -0.2) is 60.5 Å². The quantitative estimate of drug-likeness (QED) is 0.842. The van der Waals surface area contributed by atoms with Gasteiger partial charge in [0.1, 0.15) is 5.82 Å². The Hall–Kier alpha value is -2.47. The Bertz CT molecular complexity index is 758. The van der Waals surface area contributed by atoms with Crippen molar-refractivity contribution in [1.29, 1.82) is 0 Å². The number of hydrogen-bond donors (Lipinski definition) is 1. The zero-order valence-corrected chi connectivity index (χ0v) is 14.9. The first-order chi connectivity index (χ1) is 12.1. The number of fused-ring (bicyclic) bond motifs is 1. The first-order valence-electron chi connectivity index (χ1n) is 8.70. The van der Waals surface area contributed by atoms with Gasteiger partial charge >= 0.3 is 0 Å². The molecule has 132 valence electrons. The van der Waals surface area contributed by atoms with Gasteiger partial charge in [-0.25, -0.2) is 4.98 Å². The first kappa shape index (κ1) is 17.4. The monoisotopic (exact) mass is 339 g/mol. The number of amides is 1. The number of aromatic nitrogens is 2. The number of likely N-dealkylation sites (N-methyl/N-ethyl adjacent to an activating group) is 1. The molecule has 1 aromatic heterocycles. The van der Waals surface area contributed by atoms with Gasteiger partial charge in [0.15, 0.2) is 0 Å². The highest BCUT2D eigenvalue weighted by Crippen LogP contribution is 2.19. The number of benzene rings is 1. The van der Waals surface area contributed by atoms with E-state index < -0.39 is 0 Å². The van der Waals surface area contributed by atoms with Crippen LogP contribution >= 0.6 is 0 Å². The van der Waals surface area contributed by atoms with E-state index >= 15 is 0 Å². The fraction of sp³-hybridized carbons (Fsp3) is 0.421.